The summed E-state index contributed by atoms with van der Waals surface area (Å²) in [6.45, 7) is 4.21. The topological polar surface area (TPSA) is 41.1 Å². The Morgan fingerprint density at radius 2 is 2.40 bits per heavy atom. The van der Waals surface area contributed by atoms with E-state index in [1.807, 2.05) is 6.92 Å². The number of terminal acetylenes is 1. The fraction of sp³-hybridized carbons (Fsp3) is 0.571. The number of rotatable bonds is 2. The molecule has 0 aromatic rings. The number of nitrogens with one attached hydrogen (secondary N) is 2. The van der Waals surface area contributed by atoms with Crippen LogP contribution in [0.3, 0.4) is 0 Å². The summed E-state index contributed by atoms with van der Waals surface area (Å²) in [6, 6.07) is -0.417. The molecule has 56 valence electrons. The molecule has 0 bridgehead atoms. The van der Waals surface area contributed by atoms with Crippen molar-refractivity contribution in [2.75, 3.05) is 6.54 Å². The molecule has 0 fully saturated rings. The molecule has 1 unspecified atom stereocenters. The average Bonchev–Trinajstić information content (AvgIpc) is 1.88. The van der Waals surface area contributed by atoms with Gasteiger partial charge in [-0.25, -0.2) is 4.79 Å². The summed E-state index contributed by atoms with van der Waals surface area (Å²) in [5.74, 6) is 2.38. The van der Waals surface area contributed by atoms with E-state index in [0.29, 0.717) is 6.54 Å². The highest BCUT2D eigenvalue weighted by Gasteiger charge is 1.99. The predicted molar refractivity (Wildman–Crippen MR) is 40.5 cm³/mol. The van der Waals surface area contributed by atoms with E-state index in [0.717, 1.165) is 0 Å². The number of urea groups is 1. The molecule has 0 aliphatic rings. The summed E-state index contributed by atoms with van der Waals surface area (Å²) in [6.07, 6.45) is 5.02. The van der Waals surface area contributed by atoms with Gasteiger partial charge in [0, 0.05) is 6.54 Å². The zero-order valence-corrected chi connectivity index (χ0v) is 6.27. The van der Waals surface area contributed by atoms with Gasteiger partial charge in [0.1, 0.15) is 0 Å². The molecule has 0 heterocycles. The van der Waals surface area contributed by atoms with Crippen LogP contribution in [0.25, 0.3) is 0 Å². The molecule has 2 N–H and O–H groups in total. The van der Waals surface area contributed by atoms with Crippen LogP contribution in [0.4, 0.5) is 4.79 Å². The molecule has 10 heavy (non-hydrogen) atoms. The van der Waals surface area contributed by atoms with Crippen molar-refractivity contribution in [3.63, 3.8) is 0 Å². The molecule has 0 saturated heterocycles. The van der Waals surface area contributed by atoms with Crippen molar-refractivity contribution in [2.45, 2.75) is 19.9 Å². The largest absolute Gasteiger partial charge is 0.338 e. The van der Waals surface area contributed by atoms with E-state index in [1.165, 1.54) is 0 Å². The van der Waals surface area contributed by atoms with Crippen LogP contribution in [0, 0.1) is 12.3 Å². The molecule has 2 amide bonds. The molecule has 1 atom stereocenters. The lowest BCUT2D eigenvalue weighted by molar-refractivity contribution is 0.240. The van der Waals surface area contributed by atoms with Crippen molar-refractivity contribution in [1.82, 2.24) is 10.6 Å². The SMILES string of the molecule is C#CC(C)NC(=O)NCC. The first-order chi connectivity index (χ1) is 4.70. The molecule has 0 aromatic heterocycles. The highest BCUT2D eigenvalue weighted by Crippen LogP contribution is 1.75. The minimum absolute atomic E-state index is 0.202. The summed E-state index contributed by atoms with van der Waals surface area (Å²) < 4.78 is 0. The number of hydrogen-bond acceptors (Lipinski definition) is 1. The summed E-state index contributed by atoms with van der Waals surface area (Å²) in [4.78, 5) is 10.7. The first-order valence-electron chi connectivity index (χ1n) is 3.21. The van der Waals surface area contributed by atoms with Gasteiger partial charge in [-0.3, -0.25) is 0 Å². The predicted octanol–water partition coefficient (Wildman–Crippen LogP) is 0.327. The maximum absolute atomic E-state index is 10.7. The minimum Gasteiger partial charge on any atom is -0.338 e. The molecule has 0 rings (SSSR count). The van der Waals surface area contributed by atoms with Gasteiger partial charge in [0.05, 0.1) is 6.04 Å². The molecule has 0 aliphatic carbocycles. The zero-order valence-electron chi connectivity index (χ0n) is 6.27. The van der Waals surface area contributed by atoms with Crippen LogP contribution in [-0.2, 0) is 0 Å². The van der Waals surface area contributed by atoms with Crippen LogP contribution < -0.4 is 10.6 Å². The zero-order chi connectivity index (χ0) is 7.98. The summed E-state index contributed by atoms with van der Waals surface area (Å²) in [5, 5.41) is 5.11. The molecule has 0 radical (unpaired) electrons. The summed E-state index contributed by atoms with van der Waals surface area (Å²) >= 11 is 0. The Bertz CT molecular complexity index is 148. The second-order valence-corrected chi connectivity index (χ2v) is 1.89. The van der Waals surface area contributed by atoms with Crippen molar-refractivity contribution >= 4 is 6.03 Å². The Morgan fingerprint density at radius 1 is 1.80 bits per heavy atom. The van der Waals surface area contributed by atoms with Gasteiger partial charge in [-0.05, 0) is 13.8 Å². The van der Waals surface area contributed by atoms with Gasteiger partial charge in [0.2, 0.25) is 0 Å². The fourth-order valence-corrected chi connectivity index (χ4v) is 0.450. The standard InChI is InChI=1S/C7H12N2O/c1-4-6(3)9-7(10)8-5-2/h1,6H,5H2,2-3H3,(H2,8,9,10). The molecule has 0 aliphatic heterocycles. The lowest BCUT2D eigenvalue weighted by Gasteiger charge is -2.06. The van der Waals surface area contributed by atoms with Crippen molar-refractivity contribution in [3.05, 3.63) is 0 Å². The Hall–Kier alpha value is -1.17. The van der Waals surface area contributed by atoms with Crippen molar-refractivity contribution in [2.24, 2.45) is 0 Å². The smallest absolute Gasteiger partial charge is 0.315 e. The molecular formula is C7H12N2O. The Morgan fingerprint density at radius 3 is 2.80 bits per heavy atom. The van der Waals surface area contributed by atoms with Gasteiger partial charge in [-0.1, -0.05) is 5.92 Å². The maximum Gasteiger partial charge on any atom is 0.315 e. The van der Waals surface area contributed by atoms with Crippen LogP contribution >= 0.6 is 0 Å². The van der Waals surface area contributed by atoms with Crippen LogP contribution in [0.15, 0.2) is 0 Å². The number of carbonyl (C=O) groups excluding carboxylic acids is 1. The average molecular weight is 140 g/mol. The van der Waals surface area contributed by atoms with E-state index in [1.54, 1.807) is 6.92 Å². The maximum atomic E-state index is 10.7. The summed E-state index contributed by atoms with van der Waals surface area (Å²) in [7, 11) is 0. The van der Waals surface area contributed by atoms with Gasteiger partial charge in [0.15, 0.2) is 0 Å². The normalized spacial score (nSPS) is 11.3. The van der Waals surface area contributed by atoms with E-state index >= 15 is 0 Å². The van der Waals surface area contributed by atoms with E-state index in [2.05, 4.69) is 16.6 Å². The molecule has 0 spiro atoms. The van der Waals surface area contributed by atoms with E-state index in [9.17, 15) is 4.79 Å². The van der Waals surface area contributed by atoms with Crippen molar-refractivity contribution < 1.29 is 4.79 Å². The van der Waals surface area contributed by atoms with E-state index < -0.39 is 0 Å². The van der Waals surface area contributed by atoms with Gasteiger partial charge in [0.25, 0.3) is 0 Å². The van der Waals surface area contributed by atoms with Crippen LogP contribution in [0.5, 0.6) is 0 Å². The Kier molecular flexibility index (Phi) is 4.14. The summed E-state index contributed by atoms with van der Waals surface area (Å²) in [5.41, 5.74) is 0. The lowest BCUT2D eigenvalue weighted by atomic mass is 10.4. The van der Waals surface area contributed by atoms with Gasteiger partial charge in [-0.15, -0.1) is 6.42 Å². The first-order valence-corrected chi connectivity index (χ1v) is 3.21. The fourth-order valence-electron chi connectivity index (χ4n) is 0.450. The van der Waals surface area contributed by atoms with Crippen molar-refractivity contribution in [3.8, 4) is 12.3 Å². The Labute approximate surface area is 61.2 Å². The van der Waals surface area contributed by atoms with Crippen molar-refractivity contribution in [1.29, 1.82) is 0 Å². The van der Waals surface area contributed by atoms with Crippen LogP contribution in [0.2, 0.25) is 0 Å². The van der Waals surface area contributed by atoms with Gasteiger partial charge >= 0.3 is 6.03 Å². The highest BCUT2D eigenvalue weighted by molar-refractivity contribution is 5.74. The number of carbonyl (C=O) groups is 1. The van der Waals surface area contributed by atoms with Gasteiger partial charge in [-0.2, -0.15) is 0 Å². The molecule has 0 saturated carbocycles. The highest BCUT2D eigenvalue weighted by atomic mass is 16.2. The van der Waals surface area contributed by atoms with Crippen LogP contribution in [0.1, 0.15) is 13.8 Å². The van der Waals surface area contributed by atoms with Gasteiger partial charge < -0.3 is 10.6 Å². The van der Waals surface area contributed by atoms with E-state index in [4.69, 9.17) is 6.42 Å². The Balaban J connectivity index is 3.49. The molecular weight excluding hydrogens is 128 g/mol. The number of hydrogen-bond donors (Lipinski definition) is 2. The van der Waals surface area contributed by atoms with E-state index in [-0.39, 0.29) is 12.1 Å². The number of amides is 2. The third kappa shape index (κ3) is 3.79. The lowest BCUT2D eigenvalue weighted by Crippen LogP contribution is -2.39. The second kappa shape index (κ2) is 4.68. The second-order valence-electron chi connectivity index (χ2n) is 1.89. The first kappa shape index (κ1) is 8.83. The quantitative estimate of drug-likeness (QED) is 0.533. The third-order valence-corrected chi connectivity index (χ3v) is 0.935. The minimum atomic E-state index is -0.215. The monoisotopic (exact) mass is 140 g/mol. The molecule has 3 heteroatoms. The third-order valence-electron chi connectivity index (χ3n) is 0.935. The molecule has 0 aromatic carbocycles. The molecule has 3 nitrogen and oxygen atoms in total. The van der Waals surface area contributed by atoms with Crippen LogP contribution in [-0.4, -0.2) is 18.6 Å².